The molecule has 74 valence electrons. The number of fused-ring (bicyclic) bond motifs is 1. The predicted molar refractivity (Wildman–Crippen MR) is 61.8 cm³/mol. The van der Waals surface area contributed by atoms with Crippen molar-refractivity contribution in [2.75, 3.05) is 11.9 Å². The second-order valence-electron chi connectivity index (χ2n) is 3.28. The summed E-state index contributed by atoms with van der Waals surface area (Å²) in [7, 11) is 0. The van der Waals surface area contributed by atoms with E-state index in [0.717, 1.165) is 10.5 Å². The molecule has 2 aromatic heterocycles. The van der Waals surface area contributed by atoms with Crippen LogP contribution in [-0.2, 0) is 0 Å². The summed E-state index contributed by atoms with van der Waals surface area (Å²) < 4.78 is 0. The van der Waals surface area contributed by atoms with Crippen LogP contribution in [0.15, 0.2) is 23.7 Å². The van der Waals surface area contributed by atoms with Gasteiger partial charge in [0.15, 0.2) is 0 Å². The maximum Gasteiger partial charge on any atom is 0.125 e. The van der Waals surface area contributed by atoms with Crippen LogP contribution in [-0.4, -0.2) is 17.6 Å². The minimum Gasteiger partial charge on any atom is -0.381 e. The first-order chi connectivity index (χ1) is 6.81. The van der Waals surface area contributed by atoms with Crippen LogP contribution in [0.5, 0.6) is 0 Å². The Labute approximate surface area is 87.0 Å². The molecule has 0 aliphatic rings. The molecule has 0 aromatic carbocycles. The van der Waals surface area contributed by atoms with E-state index in [1.165, 1.54) is 5.39 Å². The van der Waals surface area contributed by atoms with Gasteiger partial charge < -0.3 is 11.1 Å². The van der Waals surface area contributed by atoms with E-state index in [0.29, 0.717) is 12.6 Å². The van der Waals surface area contributed by atoms with Crippen LogP contribution in [0.25, 0.3) is 10.2 Å². The average molecular weight is 207 g/mol. The number of anilines is 1. The van der Waals surface area contributed by atoms with E-state index in [1.54, 1.807) is 11.3 Å². The molecule has 4 heteroatoms. The van der Waals surface area contributed by atoms with E-state index in [4.69, 9.17) is 5.73 Å². The maximum absolute atomic E-state index is 5.56. The van der Waals surface area contributed by atoms with E-state index in [1.807, 2.05) is 12.3 Å². The topological polar surface area (TPSA) is 50.9 Å². The smallest absolute Gasteiger partial charge is 0.125 e. The fraction of sp³-hybridized carbons (Fsp3) is 0.300. The largest absolute Gasteiger partial charge is 0.381 e. The Hall–Kier alpha value is -1.13. The summed E-state index contributed by atoms with van der Waals surface area (Å²) in [6, 6.07) is 4.36. The third kappa shape index (κ3) is 1.71. The number of hydrogen-bond acceptors (Lipinski definition) is 4. The van der Waals surface area contributed by atoms with E-state index in [2.05, 4.69) is 28.7 Å². The van der Waals surface area contributed by atoms with Crippen LogP contribution in [0.2, 0.25) is 0 Å². The SMILES string of the molecule is CC(CN)Nc1ccnc2sccc12. The van der Waals surface area contributed by atoms with Gasteiger partial charge >= 0.3 is 0 Å². The highest BCUT2D eigenvalue weighted by Gasteiger charge is 2.04. The van der Waals surface area contributed by atoms with Crippen LogP contribution in [0.1, 0.15) is 6.92 Å². The van der Waals surface area contributed by atoms with Crippen LogP contribution in [0.3, 0.4) is 0 Å². The number of nitrogens with one attached hydrogen (secondary N) is 1. The molecule has 2 rings (SSSR count). The molecule has 0 aliphatic heterocycles. The molecule has 2 aromatic rings. The van der Waals surface area contributed by atoms with Gasteiger partial charge in [-0.2, -0.15) is 0 Å². The Kier molecular flexibility index (Phi) is 2.65. The zero-order valence-corrected chi connectivity index (χ0v) is 8.84. The molecule has 0 spiro atoms. The molecule has 0 saturated carbocycles. The number of hydrogen-bond donors (Lipinski definition) is 2. The lowest BCUT2D eigenvalue weighted by Gasteiger charge is -2.13. The summed E-state index contributed by atoms with van der Waals surface area (Å²) in [6.07, 6.45) is 1.82. The van der Waals surface area contributed by atoms with Crippen molar-refractivity contribution in [2.24, 2.45) is 5.73 Å². The van der Waals surface area contributed by atoms with Gasteiger partial charge in [-0.3, -0.25) is 0 Å². The number of thiophene rings is 1. The van der Waals surface area contributed by atoms with Gasteiger partial charge in [0, 0.05) is 29.9 Å². The van der Waals surface area contributed by atoms with E-state index in [9.17, 15) is 0 Å². The molecule has 0 aliphatic carbocycles. The standard InChI is InChI=1S/C10H13N3S/c1-7(6-11)13-9-2-4-12-10-8(9)3-5-14-10/h2-5,7H,6,11H2,1H3,(H,12,13). The minimum absolute atomic E-state index is 0.292. The first-order valence-corrected chi connectivity index (χ1v) is 5.48. The molecule has 2 heterocycles. The van der Waals surface area contributed by atoms with Crippen molar-refractivity contribution in [1.82, 2.24) is 4.98 Å². The van der Waals surface area contributed by atoms with Gasteiger partial charge in [-0.25, -0.2) is 4.98 Å². The molecule has 3 nitrogen and oxygen atoms in total. The molecule has 0 amide bonds. The molecule has 1 unspecified atom stereocenters. The highest BCUT2D eigenvalue weighted by molar-refractivity contribution is 7.16. The second-order valence-corrected chi connectivity index (χ2v) is 4.17. The van der Waals surface area contributed by atoms with Crippen molar-refractivity contribution < 1.29 is 0 Å². The van der Waals surface area contributed by atoms with Crippen molar-refractivity contribution in [3.63, 3.8) is 0 Å². The highest BCUT2D eigenvalue weighted by Crippen LogP contribution is 2.25. The summed E-state index contributed by atoms with van der Waals surface area (Å²) in [5, 5.41) is 6.59. The molecule has 0 fully saturated rings. The Bertz CT molecular complexity index is 424. The molecule has 0 bridgehead atoms. The maximum atomic E-state index is 5.56. The third-order valence-electron chi connectivity index (χ3n) is 2.12. The summed E-state index contributed by atoms with van der Waals surface area (Å²) in [5.74, 6) is 0. The van der Waals surface area contributed by atoms with Gasteiger partial charge in [-0.15, -0.1) is 11.3 Å². The highest BCUT2D eigenvalue weighted by atomic mass is 32.1. The average Bonchev–Trinajstić information content (AvgIpc) is 2.66. The number of nitrogens with two attached hydrogens (primary N) is 1. The molecular weight excluding hydrogens is 194 g/mol. The molecule has 3 N–H and O–H groups in total. The van der Waals surface area contributed by atoms with Gasteiger partial charge in [0.25, 0.3) is 0 Å². The lowest BCUT2D eigenvalue weighted by Crippen LogP contribution is -2.25. The van der Waals surface area contributed by atoms with E-state index in [-0.39, 0.29) is 0 Å². The quantitative estimate of drug-likeness (QED) is 0.810. The summed E-state index contributed by atoms with van der Waals surface area (Å²) in [4.78, 5) is 5.35. The number of aromatic nitrogens is 1. The Balaban J connectivity index is 2.36. The van der Waals surface area contributed by atoms with Crippen molar-refractivity contribution in [2.45, 2.75) is 13.0 Å². The van der Waals surface area contributed by atoms with Gasteiger partial charge in [-0.1, -0.05) is 0 Å². The van der Waals surface area contributed by atoms with Crippen molar-refractivity contribution in [1.29, 1.82) is 0 Å². The number of nitrogens with zero attached hydrogens (tertiary/aromatic N) is 1. The van der Waals surface area contributed by atoms with Crippen LogP contribution in [0, 0.1) is 0 Å². The zero-order chi connectivity index (χ0) is 9.97. The fourth-order valence-corrected chi connectivity index (χ4v) is 2.09. The first-order valence-electron chi connectivity index (χ1n) is 4.60. The number of rotatable bonds is 3. The predicted octanol–water partition coefficient (Wildman–Crippen LogP) is 2.06. The van der Waals surface area contributed by atoms with Crippen LogP contribution < -0.4 is 11.1 Å². The summed E-state index contributed by atoms with van der Waals surface area (Å²) >= 11 is 1.65. The third-order valence-corrected chi connectivity index (χ3v) is 2.94. The zero-order valence-electron chi connectivity index (χ0n) is 8.03. The Morgan fingerprint density at radius 1 is 1.57 bits per heavy atom. The molecule has 0 saturated heterocycles. The van der Waals surface area contributed by atoms with Gasteiger partial charge in [-0.05, 0) is 24.4 Å². The normalized spacial score (nSPS) is 13.0. The molecule has 0 radical (unpaired) electrons. The fourth-order valence-electron chi connectivity index (χ4n) is 1.33. The monoisotopic (exact) mass is 207 g/mol. The molecule has 14 heavy (non-hydrogen) atoms. The van der Waals surface area contributed by atoms with Crippen molar-refractivity contribution >= 4 is 27.2 Å². The van der Waals surface area contributed by atoms with Crippen LogP contribution >= 0.6 is 11.3 Å². The lowest BCUT2D eigenvalue weighted by molar-refractivity contribution is 0.805. The number of pyridine rings is 1. The first kappa shape index (κ1) is 9.43. The summed E-state index contributed by atoms with van der Waals surface area (Å²) in [5.41, 5.74) is 6.68. The van der Waals surface area contributed by atoms with Gasteiger partial charge in [0.1, 0.15) is 4.83 Å². The van der Waals surface area contributed by atoms with E-state index >= 15 is 0 Å². The van der Waals surface area contributed by atoms with Crippen LogP contribution in [0.4, 0.5) is 5.69 Å². The minimum atomic E-state index is 0.292. The second kappa shape index (κ2) is 3.94. The Morgan fingerprint density at radius 2 is 2.43 bits per heavy atom. The van der Waals surface area contributed by atoms with E-state index < -0.39 is 0 Å². The summed E-state index contributed by atoms with van der Waals surface area (Å²) in [6.45, 7) is 2.70. The Morgan fingerprint density at radius 3 is 3.21 bits per heavy atom. The molecule has 1 atom stereocenters. The van der Waals surface area contributed by atoms with Gasteiger partial charge in [0.05, 0.1) is 0 Å². The lowest BCUT2D eigenvalue weighted by atomic mass is 10.2. The van der Waals surface area contributed by atoms with Crippen molar-refractivity contribution in [3.05, 3.63) is 23.7 Å². The molecular formula is C10H13N3S. The van der Waals surface area contributed by atoms with Gasteiger partial charge in [0.2, 0.25) is 0 Å². The van der Waals surface area contributed by atoms with Crippen molar-refractivity contribution in [3.8, 4) is 0 Å².